The van der Waals surface area contributed by atoms with Crippen molar-refractivity contribution in [1.29, 1.82) is 0 Å². The first-order valence-electron chi connectivity index (χ1n) is 11.8. The van der Waals surface area contributed by atoms with Crippen molar-refractivity contribution >= 4 is 17.8 Å². The zero-order valence-electron chi connectivity index (χ0n) is 20.5. The highest BCUT2D eigenvalue weighted by Gasteiger charge is 2.09. The van der Waals surface area contributed by atoms with E-state index in [2.05, 4.69) is 28.1 Å². The number of carbonyl (C=O) groups is 2. The lowest BCUT2D eigenvalue weighted by Gasteiger charge is -2.12. The van der Waals surface area contributed by atoms with Crippen LogP contribution in [0.25, 0.3) is 11.1 Å². The summed E-state index contributed by atoms with van der Waals surface area (Å²) in [7, 11) is 1.50. The molecule has 0 unspecified atom stereocenters. The highest BCUT2D eigenvalue weighted by Crippen LogP contribution is 2.30. The van der Waals surface area contributed by atoms with Crippen LogP contribution in [0.15, 0.2) is 103 Å². The molecular formula is C29H29N4O4+. The zero-order chi connectivity index (χ0) is 25.9. The lowest BCUT2D eigenvalue weighted by atomic mass is 10.0. The van der Waals surface area contributed by atoms with Crippen molar-refractivity contribution in [2.45, 2.75) is 19.9 Å². The number of ether oxygens (including phenoxy) is 2. The van der Waals surface area contributed by atoms with E-state index < -0.39 is 6.09 Å². The smallest absolute Gasteiger partial charge is 0.411 e. The summed E-state index contributed by atoms with van der Waals surface area (Å²) < 4.78 is 12.8. The topological polar surface area (TPSA) is 92.6 Å². The lowest BCUT2D eigenvalue weighted by molar-refractivity contribution is -0.727. The number of hydrogen-bond donors (Lipinski definition) is 3. The highest BCUT2D eigenvalue weighted by atomic mass is 16.6. The second kappa shape index (κ2) is 12.7. The third kappa shape index (κ3) is 7.57. The van der Waals surface area contributed by atoms with E-state index in [1.165, 1.54) is 7.05 Å². The number of nitrogens with zero attached hydrogens (tertiary/aromatic N) is 1. The van der Waals surface area contributed by atoms with Gasteiger partial charge in [-0.15, -0.1) is 0 Å². The Morgan fingerprint density at radius 3 is 2.38 bits per heavy atom. The van der Waals surface area contributed by atoms with Gasteiger partial charge in [0, 0.05) is 29.9 Å². The van der Waals surface area contributed by atoms with Crippen LogP contribution in [0.4, 0.5) is 15.3 Å². The Balaban J connectivity index is 1.26. The van der Waals surface area contributed by atoms with Gasteiger partial charge in [-0.2, -0.15) is 4.57 Å². The van der Waals surface area contributed by atoms with Crippen molar-refractivity contribution in [3.05, 3.63) is 115 Å². The number of aromatic nitrogens is 1. The molecule has 3 aromatic carbocycles. The maximum Gasteiger partial charge on any atom is 0.411 e. The van der Waals surface area contributed by atoms with Gasteiger partial charge in [0.1, 0.15) is 12.4 Å². The van der Waals surface area contributed by atoms with E-state index in [0.29, 0.717) is 18.8 Å². The third-order valence-corrected chi connectivity index (χ3v) is 5.50. The molecule has 0 spiro atoms. The molecule has 0 atom stereocenters. The molecule has 4 rings (SSSR count). The summed E-state index contributed by atoms with van der Waals surface area (Å²) >= 11 is 0. The first-order chi connectivity index (χ1) is 18.1. The Hall–Kier alpha value is -4.85. The van der Waals surface area contributed by atoms with Crippen molar-refractivity contribution < 1.29 is 23.6 Å². The van der Waals surface area contributed by atoms with Gasteiger partial charge in [0.15, 0.2) is 12.4 Å². The van der Waals surface area contributed by atoms with Gasteiger partial charge in [0.05, 0.1) is 6.54 Å². The Kier molecular flexibility index (Phi) is 8.69. The Morgan fingerprint density at radius 2 is 1.59 bits per heavy atom. The van der Waals surface area contributed by atoms with E-state index >= 15 is 0 Å². The van der Waals surface area contributed by atoms with Gasteiger partial charge < -0.3 is 25.4 Å². The third-order valence-electron chi connectivity index (χ3n) is 5.50. The van der Waals surface area contributed by atoms with Crippen LogP contribution < -0.4 is 25.3 Å². The van der Waals surface area contributed by atoms with E-state index in [1.807, 2.05) is 78.9 Å². The average Bonchev–Trinajstić information content (AvgIpc) is 2.95. The number of rotatable bonds is 9. The van der Waals surface area contributed by atoms with Crippen molar-refractivity contribution in [1.82, 2.24) is 10.6 Å². The molecule has 0 aliphatic rings. The van der Waals surface area contributed by atoms with Crippen LogP contribution in [0.1, 0.15) is 11.1 Å². The monoisotopic (exact) mass is 497 g/mol. The van der Waals surface area contributed by atoms with Crippen LogP contribution in [0.3, 0.4) is 0 Å². The molecule has 0 fully saturated rings. The van der Waals surface area contributed by atoms with E-state index in [-0.39, 0.29) is 12.8 Å². The molecule has 1 heterocycles. The second-order valence-corrected chi connectivity index (χ2v) is 8.19. The average molecular weight is 498 g/mol. The molecule has 0 aliphatic carbocycles. The summed E-state index contributed by atoms with van der Waals surface area (Å²) in [5.41, 5.74) is 4.67. The van der Waals surface area contributed by atoms with Gasteiger partial charge in [-0.3, -0.25) is 0 Å². The molecule has 8 nitrogen and oxygen atoms in total. The number of hydrogen-bond acceptors (Lipinski definition) is 4. The maximum atomic E-state index is 12.4. The van der Waals surface area contributed by atoms with Gasteiger partial charge in [-0.25, -0.2) is 9.59 Å². The van der Waals surface area contributed by atoms with Crippen LogP contribution in [-0.2, 0) is 24.6 Å². The molecular weight excluding hydrogens is 468 g/mol. The highest BCUT2D eigenvalue weighted by molar-refractivity contribution is 5.89. The number of benzene rings is 3. The Labute approximate surface area is 215 Å². The fourth-order valence-corrected chi connectivity index (χ4v) is 3.62. The lowest BCUT2D eigenvalue weighted by Crippen LogP contribution is -2.38. The van der Waals surface area contributed by atoms with Crippen LogP contribution in [0.2, 0.25) is 0 Å². The number of carbonyl (C=O) groups excluding carboxylic acids is 2. The molecule has 37 heavy (non-hydrogen) atoms. The number of nitrogens with one attached hydrogen (secondary N) is 3. The van der Waals surface area contributed by atoms with Crippen molar-refractivity contribution in [3.63, 3.8) is 0 Å². The van der Waals surface area contributed by atoms with Gasteiger partial charge in [-0.1, -0.05) is 60.7 Å². The van der Waals surface area contributed by atoms with E-state index in [1.54, 1.807) is 17.0 Å². The quantitative estimate of drug-likeness (QED) is 0.288. The largest absolute Gasteiger partial charge is 0.488 e. The minimum absolute atomic E-state index is 0.0770. The number of para-hydroxylation sites is 1. The molecule has 0 saturated heterocycles. The van der Waals surface area contributed by atoms with Crippen molar-refractivity contribution in [3.8, 4) is 16.9 Å². The molecule has 3 amide bonds. The second-order valence-electron chi connectivity index (χ2n) is 8.19. The molecule has 0 radical (unpaired) electrons. The summed E-state index contributed by atoms with van der Waals surface area (Å²) in [6.45, 7) is 0.807. The van der Waals surface area contributed by atoms with Gasteiger partial charge in [-0.05, 0) is 35.4 Å². The molecule has 1 aromatic heterocycles. The SMILES string of the molecule is CNC(=O)OC[n+]1cccc(CNC(=O)Nc2ccc(COc3ccccc3-c3ccccc3)cc2)c1. The first kappa shape index (κ1) is 25.2. The minimum Gasteiger partial charge on any atom is -0.488 e. The number of urea groups is 1. The van der Waals surface area contributed by atoms with Gasteiger partial charge >= 0.3 is 12.1 Å². The summed E-state index contributed by atoms with van der Waals surface area (Å²) in [5.74, 6) is 0.817. The molecule has 4 aromatic rings. The maximum absolute atomic E-state index is 12.4. The molecule has 0 aliphatic heterocycles. The fraction of sp³-hybridized carbons (Fsp3) is 0.138. The summed E-state index contributed by atoms with van der Waals surface area (Å²) in [6.07, 6.45) is 3.07. The first-order valence-corrected chi connectivity index (χ1v) is 11.8. The Morgan fingerprint density at radius 1 is 0.838 bits per heavy atom. The van der Waals surface area contributed by atoms with Gasteiger partial charge in [0.25, 0.3) is 6.73 Å². The van der Waals surface area contributed by atoms with Crippen LogP contribution in [0.5, 0.6) is 5.75 Å². The van der Waals surface area contributed by atoms with E-state index in [4.69, 9.17) is 9.47 Å². The van der Waals surface area contributed by atoms with Crippen LogP contribution in [0, 0.1) is 0 Å². The number of alkyl carbamates (subject to hydrolysis) is 1. The molecule has 3 N–H and O–H groups in total. The standard InChI is InChI=1S/C29H28N4O4/c1-30-29(35)37-21-33-17-7-8-23(19-33)18-31-28(34)32-25-15-13-22(14-16-25)20-36-27-12-6-5-11-26(27)24-9-3-2-4-10-24/h2-17,19H,18,20-21H2,1H3,(H2-,30,31,32,34,35)/p+1. The molecule has 8 heteroatoms. The summed E-state index contributed by atoms with van der Waals surface area (Å²) in [5, 5.41) is 8.05. The van der Waals surface area contributed by atoms with Crippen LogP contribution >= 0.6 is 0 Å². The molecule has 188 valence electrons. The fourth-order valence-electron chi connectivity index (χ4n) is 3.62. The van der Waals surface area contributed by atoms with Gasteiger partial charge in [0.2, 0.25) is 0 Å². The van der Waals surface area contributed by atoms with Crippen molar-refractivity contribution in [2.75, 3.05) is 12.4 Å². The predicted molar refractivity (Wildman–Crippen MR) is 141 cm³/mol. The zero-order valence-corrected chi connectivity index (χ0v) is 20.5. The number of amides is 3. The summed E-state index contributed by atoms with van der Waals surface area (Å²) in [4.78, 5) is 23.6. The number of pyridine rings is 1. The van der Waals surface area contributed by atoms with Crippen LogP contribution in [-0.4, -0.2) is 19.2 Å². The van der Waals surface area contributed by atoms with E-state index in [9.17, 15) is 9.59 Å². The van der Waals surface area contributed by atoms with Crippen molar-refractivity contribution in [2.24, 2.45) is 0 Å². The molecule has 0 bridgehead atoms. The Bertz CT molecular complexity index is 1330. The minimum atomic E-state index is -0.509. The molecule has 0 saturated carbocycles. The van der Waals surface area contributed by atoms with E-state index in [0.717, 1.165) is 28.0 Å². The predicted octanol–water partition coefficient (Wildman–Crippen LogP) is 4.86. The number of anilines is 1. The summed E-state index contributed by atoms with van der Waals surface area (Å²) in [6, 6.07) is 29.0. The normalized spacial score (nSPS) is 10.3.